The Kier molecular flexibility index (Phi) is 5.22. The number of nitrogens with one attached hydrogen (secondary N) is 1. The predicted molar refractivity (Wildman–Crippen MR) is 91.3 cm³/mol. The van der Waals surface area contributed by atoms with E-state index in [2.05, 4.69) is 5.32 Å². The molecule has 0 aliphatic heterocycles. The van der Waals surface area contributed by atoms with E-state index in [-0.39, 0.29) is 16.4 Å². The van der Waals surface area contributed by atoms with Crippen LogP contribution < -0.4 is 5.32 Å². The highest BCUT2D eigenvalue weighted by Crippen LogP contribution is 2.49. The zero-order valence-corrected chi connectivity index (χ0v) is 14.3. The smallest absolute Gasteiger partial charge is 0.306 e. The van der Waals surface area contributed by atoms with Gasteiger partial charge in [0.25, 0.3) is 11.6 Å². The first-order valence-corrected chi connectivity index (χ1v) is 8.69. The number of amides is 1. The molecule has 2 bridgehead atoms. The monoisotopic (exact) mass is 366 g/mol. The Labute approximate surface area is 149 Å². The van der Waals surface area contributed by atoms with Crippen molar-refractivity contribution in [3.8, 4) is 0 Å². The molecule has 8 heteroatoms. The van der Waals surface area contributed by atoms with Crippen LogP contribution >= 0.6 is 11.6 Å². The summed E-state index contributed by atoms with van der Waals surface area (Å²) in [5.41, 5.74) is -0.294. The molecule has 2 aliphatic carbocycles. The highest BCUT2D eigenvalue weighted by Gasteiger charge is 2.40. The van der Waals surface area contributed by atoms with Gasteiger partial charge in [-0.2, -0.15) is 0 Å². The lowest BCUT2D eigenvalue weighted by Crippen LogP contribution is -2.23. The topological polar surface area (TPSA) is 98.5 Å². The van der Waals surface area contributed by atoms with Crippen molar-refractivity contribution in [3.05, 3.63) is 33.3 Å². The van der Waals surface area contributed by atoms with Crippen molar-refractivity contribution in [3.63, 3.8) is 0 Å². The summed E-state index contributed by atoms with van der Waals surface area (Å²) in [6.45, 7) is -0.469. The summed E-state index contributed by atoms with van der Waals surface area (Å²) in [5.74, 6) is 0.693. The number of hydrogen-bond donors (Lipinski definition) is 1. The molecule has 1 aromatic carbocycles. The molecule has 1 aromatic rings. The van der Waals surface area contributed by atoms with Crippen LogP contribution in [0, 0.1) is 27.9 Å². The summed E-state index contributed by atoms with van der Waals surface area (Å²) in [6.07, 6.45) is 5.06. The van der Waals surface area contributed by atoms with E-state index in [0.29, 0.717) is 18.3 Å². The molecule has 25 heavy (non-hydrogen) atoms. The number of hydrogen-bond acceptors (Lipinski definition) is 5. The van der Waals surface area contributed by atoms with Gasteiger partial charge in [0, 0.05) is 17.5 Å². The van der Waals surface area contributed by atoms with Gasteiger partial charge in [-0.25, -0.2) is 0 Å². The van der Waals surface area contributed by atoms with Crippen LogP contribution in [0.25, 0.3) is 0 Å². The number of ether oxygens (including phenoxy) is 1. The molecule has 2 fully saturated rings. The van der Waals surface area contributed by atoms with Crippen molar-refractivity contribution >= 4 is 34.9 Å². The number of benzene rings is 1. The first kappa shape index (κ1) is 17.7. The number of carbonyl (C=O) groups excluding carboxylic acids is 2. The first-order chi connectivity index (χ1) is 11.9. The minimum Gasteiger partial charge on any atom is -0.456 e. The lowest BCUT2D eigenvalue weighted by atomic mass is 9.86. The number of anilines is 1. The Balaban J connectivity index is 1.49. The third-order valence-electron chi connectivity index (χ3n) is 5.11. The lowest BCUT2D eigenvalue weighted by Gasteiger charge is -2.20. The Bertz CT molecular complexity index is 708. The maximum Gasteiger partial charge on any atom is 0.306 e. The van der Waals surface area contributed by atoms with E-state index in [9.17, 15) is 19.7 Å². The highest BCUT2D eigenvalue weighted by atomic mass is 35.5. The van der Waals surface area contributed by atoms with Gasteiger partial charge in [0.15, 0.2) is 6.61 Å². The largest absolute Gasteiger partial charge is 0.456 e. The van der Waals surface area contributed by atoms with Gasteiger partial charge in [0.2, 0.25) is 0 Å². The number of carbonyl (C=O) groups is 2. The van der Waals surface area contributed by atoms with Crippen LogP contribution in [0.2, 0.25) is 5.02 Å². The molecule has 1 amide bonds. The van der Waals surface area contributed by atoms with Crippen molar-refractivity contribution in [2.45, 2.75) is 32.1 Å². The average Bonchev–Trinajstić information content (AvgIpc) is 3.15. The number of halogens is 1. The summed E-state index contributed by atoms with van der Waals surface area (Å²) < 4.78 is 5.02. The van der Waals surface area contributed by atoms with Gasteiger partial charge >= 0.3 is 5.97 Å². The second-order valence-electron chi connectivity index (χ2n) is 6.77. The Morgan fingerprint density at radius 3 is 2.76 bits per heavy atom. The molecule has 0 spiro atoms. The van der Waals surface area contributed by atoms with Crippen molar-refractivity contribution in [2.24, 2.45) is 17.8 Å². The van der Waals surface area contributed by atoms with Gasteiger partial charge in [-0.3, -0.25) is 19.7 Å². The molecule has 1 N–H and O–H groups in total. The van der Waals surface area contributed by atoms with E-state index >= 15 is 0 Å². The van der Waals surface area contributed by atoms with Crippen LogP contribution in [0.4, 0.5) is 11.4 Å². The van der Waals surface area contributed by atoms with Crippen molar-refractivity contribution in [1.82, 2.24) is 0 Å². The quantitative estimate of drug-likeness (QED) is 0.471. The molecule has 3 atom stereocenters. The van der Waals surface area contributed by atoms with E-state index < -0.39 is 23.4 Å². The molecule has 0 heterocycles. The van der Waals surface area contributed by atoms with E-state index in [4.69, 9.17) is 16.3 Å². The van der Waals surface area contributed by atoms with Gasteiger partial charge < -0.3 is 10.1 Å². The maximum atomic E-state index is 11.9. The van der Waals surface area contributed by atoms with Gasteiger partial charge in [0.05, 0.1) is 4.92 Å². The average molecular weight is 367 g/mol. The summed E-state index contributed by atoms with van der Waals surface area (Å²) in [6, 6.07) is 3.86. The number of esters is 1. The van der Waals surface area contributed by atoms with Crippen molar-refractivity contribution in [2.75, 3.05) is 11.9 Å². The van der Waals surface area contributed by atoms with Gasteiger partial charge in [-0.15, -0.1) is 0 Å². The van der Waals surface area contributed by atoms with Crippen LogP contribution in [0.1, 0.15) is 32.1 Å². The first-order valence-electron chi connectivity index (χ1n) is 8.31. The summed E-state index contributed by atoms with van der Waals surface area (Å²) in [5, 5.41) is 13.6. The molecular weight excluding hydrogens is 348 g/mol. The fraction of sp³-hybridized carbons (Fsp3) is 0.529. The number of nitro groups is 1. The molecular formula is C17H19ClN2O5. The van der Waals surface area contributed by atoms with Crippen LogP contribution in [-0.4, -0.2) is 23.4 Å². The zero-order valence-electron chi connectivity index (χ0n) is 13.6. The molecule has 134 valence electrons. The van der Waals surface area contributed by atoms with E-state index in [1.54, 1.807) is 0 Å². The SMILES string of the molecule is O=C(COC(=O)C[C@H]1C[C@H]2CC[C@@H]1C2)Nc1cc(Cl)ccc1[N+](=O)[O-]. The number of rotatable bonds is 6. The van der Waals surface area contributed by atoms with Crippen molar-refractivity contribution in [1.29, 1.82) is 0 Å². The molecule has 3 rings (SSSR count). The predicted octanol–water partition coefficient (Wildman–Crippen LogP) is 3.56. The third kappa shape index (κ3) is 4.28. The molecule has 2 saturated carbocycles. The molecule has 7 nitrogen and oxygen atoms in total. The number of nitro benzene ring substituents is 1. The van der Waals surface area contributed by atoms with E-state index in [1.807, 2.05) is 0 Å². The fourth-order valence-corrected chi connectivity index (χ4v) is 4.17. The Morgan fingerprint density at radius 2 is 2.12 bits per heavy atom. The highest BCUT2D eigenvalue weighted by molar-refractivity contribution is 6.31. The molecule has 2 aliphatic rings. The van der Waals surface area contributed by atoms with Crippen molar-refractivity contribution < 1.29 is 19.2 Å². The van der Waals surface area contributed by atoms with Crippen LogP contribution in [0.15, 0.2) is 18.2 Å². The summed E-state index contributed by atoms with van der Waals surface area (Å²) in [4.78, 5) is 34.2. The fourth-order valence-electron chi connectivity index (χ4n) is 4.00. The Hall–Kier alpha value is -2.15. The lowest BCUT2D eigenvalue weighted by molar-refractivity contribution is -0.383. The molecule has 0 unspecified atom stereocenters. The molecule has 0 radical (unpaired) electrons. The van der Waals surface area contributed by atoms with Crippen LogP contribution in [0.5, 0.6) is 0 Å². The van der Waals surface area contributed by atoms with Gasteiger partial charge in [-0.05, 0) is 49.1 Å². The number of nitrogens with zero attached hydrogens (tertiary/aromatic N) is 1. The normalized spacial score (nSPS) is 24.1. The van der Waals surface area contributed by atoms with E-state index in [0.717, 1.165) is 12.3 Å². The van der Waals surface area contributed by atoms with E-state index in [1.165, 1.54) is 37.5 Å². The minimum absolute atomic E-state index is 0.0216. The van der Waals surface area contributed by atoms with Crippen LogP contribution in [0.3, 0.4) is 0 Å². The Morgan fingerprint density at radius 1 is 1.32 bits per heavy atom. The summed E-state index contributed by atoms with van der Waals surface area (Å²) in [7, 11) is 0. The third-order valence-corrected chi connectivity index (χ3v) is 5.34. The standard InChI is InChI=1S/C17H19ClN2O5/c18-13-3-4-15(20(23)24)14(8-13)19-16(21)9-25-17(22)7-12-6-10-1-2-11(12)5-10/h3-4,8,10-12H,1-2,5-7,9H2,(H,19,21)/t10-,11+,12+/m0/s1. The summed E-state index contributed by atoms with van der Waals surface area (Å²) >= 11 is 5.80. The molecule has 0 saturated heterocycles. The zero-order chi connectivity index (χ0) is 18.0. The van der Waals surface area contributed by atoms with Crippen LogP contribution in [-0.2, 0) is 14.3 Å². The second kappa shape index (κ2) is 7.39. The minimum atomic E-state index is -0.633. The maximum absolute atomic E-state index is 11.9. The number of fused-ring (bicyclic) bond motifs is 2. The van der Waals surface area contributed by atoms with Gasteiger partial charge in [0.1, 0.15) is 5.69 Å². The second-order valence-corrected chi connectivity index (χ2v) is 7.20. The van der Waals surface area contributed by atoms with Gasteiger partial charge in [-0.1, -0.05) is 18.0 Å². The molecule has 0 aromatic heterocycles.